The first-order valence-corrected chi connectivity index (χ1v) is 8.48. The molecule has 2 fully saturated rings. The zero-order valence-corrected chi connectivity index (χ0v) is 12.1. The second-order valence-corrected chi connectivity index (χ2v) is 7.05. The number of rotatable bonds is 3. The summed E-state index contributed by atoms with van der Waals surface area (Å²) >= 11 is 2.11. The lowest BCUT2D eigenvalue weighted by atomic mass is 9.78. The lowest BCUT2D eigenvalue weighted by Gasteiger charge is -2.38. The monoisotopic (exact) mass is 256 g/mol. The summed E-state index contributed by atoms with van der Waals surface area (Å²) in [6.45, 7) is 5.81. The van der Waals surface area contributed by atoms with Gasteiger partial charge in [0.1, 0.15) is 0 Å². The molecule has 100 valence electrons. The Labute approximate surface area is 111 Å². The molecule has 1 heterocycles. The van der Waals surface area contributed by atoms with Crippen LogP contribution in [0.2, 0.25) is 0 Å². The molecular weight excluding hydrogens is 228 g/mol. The number of nitrogens with two attached hydrogens (primary N) is 1. The molecule has 0 radical (unpaired) electrons. The van der Waals surface area contributed by atoms with Crippen LogP contribution >= 0.6 is 11.8 Å². The molecule has 1 aliphatic carbocycles. The standard InChI is InChI=1S/C14H28N2S/c1-12-3-5-13(6-4-12)14(11-15)16-7-2-9-17-10-8-16/h12-14H,2-11,15H2,1H3. The maximum absolute atomic E-state index is 6.07. The molecule has 3 heteroatoms. The first-order chi connectivity index (χ1) is 8.31. The van der Waals surface area contributed by atoms with Crippen molar-refractivity contribution in [2.24, 2.45) is 17.6 Å². The third-order valence-electron chi connectivity index (χ3n) is 4.57. The van der Waals surface area contributed by atoms with E-state index in [4.69, 9.17) is 5.73 Å². The topological polar surface area (TPSA) is 29.3 Å². The van der Waals surface area contributed by atoms with E-state index in [9.17, 15) is 0 Å². The fourth-order valence-electron chi connectivity index (χ4n) is 3.41. The summed E-state index contributed by atoms with van der Waals surface area (Å²) in [5.74, 6) is 4.47. The Morgan fingerprint density at radius 2 is 1.94 bits per heavy atom. The van der Waals surface area contributed by atoms with E-state index in [0.29, 0.717) is 6.04 Å². The van der Waals surface area contributed by atoms with E-state index < -0.39 is 0 Å². The minimum Gasteiger partial charge on any atom is -0.329 e. The van der Waals surface area contributed by atoms with Crippen LogP contribution in [0, 0.1) is 11.8 Å². The predicted octanol–water partition coefficient (Wildman–Crippen LogP) is 2.58. The van der Waals surface area contributed by atoms with E-state index in [0.717, 1.165) is 18.4 Å². The van der Waals surface area contributed by atoms with Crippen molar-refractivity contribution in [1.29, 1.82) is 0 Å². The van der Waals surface area contributed by atoms with Gasteiger partial charge in [0.2, 0.25) is 0 Å². The summed E-state index contributed by atoms with van der Waals surface area (Å²) in [6.07, 6.45) is 7.01. The van der Waals surface area contributed by atoms with Crippen molar-refractivity contribution in [1.82, 2.24) is 4.90 Å². The van der Waals surface area contributed by atoms with E-state index in [1.54, 1.807) is 0 Å². The zero-order valence-electron chi connectivity index (χ0n) is 11.2. The molecule has 0 aromatic rings. The molecule has 1 saturated carbocycles. The third-order valence-corrected chi connectivity index (χ3v) is 5.62. The van der Waals surface area contributed by atoms with Crippen molar-refractivity contribution in [2.75, 3.05) is 31.1 Å². The minimum absolute atomic E-state index is 0.668. The van der Waals surface area contributed by atoms with Crippen LogP contribution in [0.4, 0.5) is 0 Å². The van der Waals surface area contributed by atoms with Gasteiger partial charge >= 0.3 is 0 Å². The van der Waals surface area contributed by atoms with Crippen LogP contribution in [-0.2, 0) is 0 Å². The van der Waals surface area contributed by atoms with Crippen LogP contribution in [0.25, 0.3) is 0 Å². The first-order valence-electron chi connectivity index (χ1n) is 7.33. The number of hydrogen-bond donors (Lipinski definition) is 1. The van der Waals surface area contributed by atoms with Gasteiger partial charge in [0, 0.05) is 24.9 Å². The Bertz CT molecular complexity index is 206. The predicted molar refractivity (Wildman–Crippen MR) is 77.5 cm³/mol. The van der Waals surface area contributed by atoms with Crippen LogP contribution in [0.3, 0.4) is 0 Å². The highest BCUT2D eigenvalue weighted by atomic mass is 32.2. The highest BCUT2D eigenvalue weighted by Gasteiger charge is 2.29. The molecule has 2 rings (SSSR count). The summed E-state index contributed by atoms with van der Waals surface area (Å²) in [4.78, 5) is 2.70. The second-order valence-electron chi connectivity index (χ2n) is 5.82. The van der Waals surface area contributed by atoms with Crippen molar-refractivity contribution in [3.63, 3.8) is 0 Å². The smallest absolute Gasteiger partial charge is 0.0246 e. The van der Waals surface area contributed by atoms with Crippen LogP contribution in [0.5, 0.6) is 0 Å². The SMILES string of the molecule is CC1CCC(C(CN)N2CCCSCC2)CC1. The van der Waals surface area contributed by atoms with Crippen molar-refractivity contribution < 1.29 is 0 Å². The van der Waals surface area contributed by atoms with Gasteiger partial charge in [-0.25, -0.2) is 0 Å². The maximum Gasteiger partial charge on any atom is 0.0246 e. The molecule has 1 aliphatic heterocycles. The molecule has 2 N–H and O–H groups in total. The van der Waals surface area contributed by atoms with Crippen molar-refractivity contribution in [2.45, 2.75) is 45.1 Å². The highest BCUT2D eigenvalue weighted by molar-refractivity contribution is 7.99. The average Bonchev–Trinajstić information content (AvgIpc) is 2.62. The molecule has 17 heavy (non-hydrogen) atoms. The van der Waals surface area contributed by atoms with Crippen LogP contribution in [0.1, 0.15) is 39.0 Å². The van der Waals surface area contributed by atoms with Gasteiger partial charge in [0.25, 0.3) is 0 Å². The van der Waals surface area contributed by atoms with Crippen LogP contribution in [-0.4, -0.2) is 42.1 Å². The van der Waals surface area contributed by atoms with Gasteiger partial charge in [-0.2, -0.15) is 11.8 Å². The van der Waals surface area contributed by atoms with Gasteiger partial charge in [-0.15, -0.1) is 0 Å². The molecule has 0 amide bonds. The van der Waals surface area contributed by atoms with E-state index in [-0.39, 0.29) is 0 Å². The summed E-state index contributed by atoms with van der Waals surface area (Å²) in [5.41, 5.74) is 6.07. The average molecular weight is 256 g/mol. The maximum atomic E-state index is 6.07. The summed E-state index contributed by atoms with van der Waals surface area (Å²) < 4.78 is 0. The van der Waals surface area contributed by atoms with Gasteiger partial charge < -0.3 is 5.73 Å². The van der Waals surface area contributed by atoms with Crippen LogP contribution in [0.15, 0.2) is 0 Å². The minimum atomic E-state index is 0.668. The van der Waals surface area contributed by atoms with Gasteiger partial charge in [0.05, 0.1) is 0 Å². The lowest BCUT2D eigenvalue weighted by molar-refractivity contribution is 0.119. The van der Waals surface area contributed by atoms with E-state index in [2.05, 4.69) is 23.6 Å². The molecule has 0 aromatic carbocycles. The van der Waals surface area contributed by atoms with Gasteiger partial charge in [-0.3, -0.25) is 4.90 Å². The lowest BCUT2D eigenvalue weighted by Crippen LogP contribution is -2.47. The van der Waals surface area contributed by atoms with E-state index in [1.807, 2.05) is 0 Å². The number of thioether (sulfide) groups is 1. The normalized spacial score (nSPS) is 34.2. The summed E-state index contributed by atoms with van der Waals surface area (Å²) in [6, 6.07) is 0.668. The molecule has 2 aliphatic rings. The fraction of sp³-hybridized carbons (Fsp3) is 1.00. The molecule has 0 spiro atoms. The van der Waals surface area contributed by atoms with Crippen molar-refractivity contribution in [3.8, 4) is 0 Å². The Morgan fingerprint density at radius 1 is 1.18 bits per heavy atom. The number of hydrogen-bond acceptors (Lipinski definition) is 3. The molecular formula is C14H28N2S. The number of nitrogens with zero attached hydrogens (tertiary/aromatic N) is 1. The first kappa shape index (κ1) is 13.7. The molecule has 2 nitrogen and oxygen atoms in total. The van der Waals surface area contributed by atoms with Gasteiger partial charge in [-0.1, -0.05) is 19.8 Å². The Balaban J connectivity index is 1.89. The molecule has 1 atom stereocenters. The van der Waals surface area contributed by atoms with E-state index in [1.165, 1.54) is 56.7 Å². The third kappa shape index (κ3) is 3.87. The largest absolute Gasteiger partial charge is 0.329 e. The molecule has 1 saturated heterocycles. The quantitative estimate of drug-likeness (QED) is 0.841. The summed E-state index contributed by atoms with van der Waals surface area (Å²) in [5, 5.41) is 0. The van der Waals surface area contributed by atoms with Crippen molar-refractivity contribution >= 4 is 11.8 Å². The van der Waals surface area contributed by atoms with Gasteiger partial charge in [-0.05, 0) is 43.4 Å². The van der Waals surface area contributed by atoms with Crippen LogP contribution < -0.4 is 5.73 Å². The Hall–Kier alpha value is 0.270. The fourth-order valence-corrected chi connectivity index (χ4v) is 4.31. The summed E-state index contributed by atoms with van der Waals surface area (Å²) in [7, 11) is 0. The molecule has 0 bridgehead atoms. The highest BCUT2D eigenvalue weighted by Crippen LogP contribution is 2.32. The van der Waals surface area contributed by atoms with Crippen molar-refractivity contribution in [3.05, 3.63) is 0 Å². The van der Waals surface area contributed by atoms with Gasteiger partial charge in [0.15, 0.2) is 0 Å². The molecule has 0 aromatic heterocycles. The second kappa shape index (κ2) is 7.01. The Kier molecular flexibility index (Phi) is 5.64. The Morgan fingerprint density at radius 3 is 2.65 bits per heavy atom. The van der Waals surface area contributed by atoms with E-state index >= 15 is 0 Å². The molecule has 1 unspecified atom stereocenters. The zero-order chi connectivity index (χ0) is 12.1.